The molecule has 0 saturated heterocycles. The zero-order chi connectivity index (χ0) is 23.6. The molecule has 1 aliphatic rings. The highest BCUT2D eigenvalue weighted by Gasteiger charge is 2.38. The zero-order valence-corrected chi connectivity index (χ0v) is 19.5. The van der Waals surface area contributed by atoms with E-state index in [1.165, 1.54) is 18.3 Å². The second kappa shape index (κ2) is 9.51. The van der Waals surface area contributed by atoms with Crippen LogP contribution in [0.25, 0.3) is 0 Å². The maximum atomic E-state index is 13.5. The molecular weight excluding hydrogens is 464 g/mol. The Morgan fingerprint density at radius 1 is 1.21 bits per heavy atom. The average Bonchev–Trinajstić information content (AvgIpc) is 2.83. The van der Waals surface area contributed by atoms with E-state index in [0.29, 0.717) is 5.56 Å². The van der Waals surface area contributed by atoms with Crippen molar-refractivity contribution in [3.05, 3.63) is 83.0 Å². The van der Waals surface area contributed by atoms with Crippen molar-refractivity contribution in [3.63, 3.8) is 0 Å². The molecule has 0 radical (unpaired) electrons. The van der Waals surface area contributed by atoms with Gasteiger partial charge in [0.2, 0.25) is 5.88 Å². The molecule has 0 amide bonds. The minimum absolute atomic E-state index is 0.0134. The van der Waals surface area contributed by atoms with E-state index in [2.05, 4.69) is 4.98 Å². The van der Waals surface area contributed by atoms with E-state index in [-0.39, 0.29) is 46.2 Å². The molecule has 2 heterocycles. The molecular formula is C24H23ClN2O5S. The largest absolute Gasteiger partial charge is 0.474 e. The van der Waals surface area contributed by atoms with E-state index >= 15 is 0 Å². The van der Waals surface area contributed by atoms with E-state index in [1.54, 1.807) is 18.2 Å². The number of halogens is 1. The minimum Gasteiger partial charge on any atom is -0.474 e. The van der Waals surface area contributed by atoms with Crippen LogP contribution < -0.4 is 9.04 Å². The third-order valence-electron chi connectivity index (χ3n) is 5.59. The lowest BCUT2D eigenvalue weighted by molar-refractivity contribution is -0.119. The van der Waals surface area contributed by atoms with Crippen molar-refractivity contribution in [2.24, 2.45) is 0 Å². The molecule has 33 heavy (non-hydrogen) atoms. The van der Waals surface area contributed by atoms with E-state index in [0.717, 1.165) is 9.87 Å². The molecule has 0 unspecified atom stereocenters. The van der Waals surface area contributed by atoms with Crippen LogP contribution in [0.1, 0.15) is 24.0 Å². The van der Waals surface area contributed by atoms with Crippen molar-refractivity contribution >= 4 is 33.1 Å². The molecule has 0 fully saturated rings. The number of ketones is 1. The Hall–Kier alpha value is -2.94. The highest BCUT2D eigenvalue weighted by atomic mass is 35.5. The molecule has 7 nitrogen and oxygen atoms in total. The van der Waals surface area contributed by atoms with Crippen LogP contribution in [0, 0.1) is 0 Å². The Kier molecular flexibility index (Phi) is 6.69. The first-order chi connectivity index (χ1) is 15.8. The topological polar surface area (TPSA) is 96.8 Å². The highest BCUT2D eigenvalue weighted by molar-refractivity contribution is 7.92. The number of fused-ring (bicyclic) bond motifs is 1. The molecule has 2 atom stereocenters. The Balaban J connectivity index is 1.69. The Labute approximate surface area is 197 Å². The number of hydrogen-bond acceptors (Lipinski definition) is 6. The van der Waals surface area contributed by atoms with Gasteiger partial charge >= 0.3 is 0 Å². The van der Waals surface area contributed by atoms with Gasteiger partial charge in [0.05, 0.1) is 11.5 Å². The van der Waals surface area contributed by atoms with E-state index in [9.17, 15) is 18.3 Å². The molecule has 0 bridgehead atoms. The first-order valence-electron chi connectivity index (χ1n) is 10.4. The molecule has 1 aliphatic heterocycles. The molecule has 1 aromatic heterocycles. The van der Waals surface area contributed by atoms with Gasteiger partial charge in [0.25, 0.3) is 10.0 Å². The third kappa shape index (κ3) is 4.73. The molecule has 0 aliphatic carbocycles. The number of aliphatic hydroxyl groups excluding tert-OH is 1. The predicted octanol–water partition coefficient (Wildman–Crippen LogP) is 3.60. The average molecular weight is 487 g/mol. The summed E-state index contributed by atoms with van der Waals surface area (Å²) in [6, 6.07) is 16.1. The van der Waals surface area contributed by atoms with Gasteiger partial charge in [-0.3, -0.25) is 9.10 Å². The van der Waals surface area contributed by atoms with Gasteiger partial charge in [-0.05, 0) is 35.4 Å². The Morgan fingerprint density at radius 3 is 2.67 bits per heavy atom. The summed E-state index contributed by atoms with van der Waals surface area (Å²) in [6.45, 7) is 1.33. The monoisotopic (exact) mass is 486 g/mol. The van der Waals surface area contributed by atoms with Crippen LogP contribution in [-0.2, 0) is 21.2 Å². The maximum absolute atomic E-state index is 13.5. The number of carbonyl (C=O) groups is 1. The van der Waals surface area contributed by atoms with Gasteiger partial charge in [0.15, 0.2) is 0 Å². The van der Waals surface area contributed by atoms with Gasteiger partial charge < -0.3 is 9.84 Å². The normalized spacial score (nSPS) is 16.6. The lowest BCUT2D eigenvalue weighted by atomic mass is 9.93. The highest BCUT2D eigenvalue weighted by Crippen LogP contribution is 2.37. The number of nitrogens with zero attached hydrogens (tertiary/aromatic N) is 2. The lowest BCUT2D eigenvalue weighted by Crippen LogP contribution is -2.49. The molecule has 2 aromatic carbocycles. The number of aliphatic hydroxyl groups is 1. The van der Waals surface area contributed by atoms with Crippen molar-refractivity contribution in [1.82, 2.24) is 4.98 Å². The fraction of sp³-hybridized carbons (Fsp3) is 0.250. The summed E-state index contributed by atoms with van der Waals surface area (Å²) in [5, 5.41) is 10.2. The van der Waals surface area contributed by atoms with Crippen molar-refractivity contribution < 1.29 is 23.1 Å². The number of rotatable bonds is 7. The molecule has 172 valence electrons. The van der Waals surface area contributed by atoms with E-state index in [4.69, 9.17) is 16.3 Å². The number of pyridine rings is 1. The lowest BCUT2D eigenvalue weighted by Gasteiger charge is -2.36. The van der Waals surface area contributed by atoms with Crippen LogP contribution in [0.3, 0.4) is 0 Å². The smallest absolute Gasteiger partial charge is 0.265 e. The minimum atomic E-state index is -4.08. The summed E-state index contributed by atoms with van der Waals surface area (Å²) in [7, 11) is -4.08. The molecule has 9 heteroatoms. The van der Waals surface area contributed by atoms with Gasteiger partial charge in [0, 0.05) is 23.6 Å². The molecule has 4 rings (SSSR count). The number of aromatic nitrogens is 1. The second-order valence-corrected chi connectivity index (χ2v) is 10.1. The van der Waals surface area contributed by atoms with Gasteiger partial charge in [-0.2, -0.15) is 0 Å². The number of Topliss-reactive ketones (excluding diaryl/α,β-unsaturated/α-hetero) is 1. The SMILES string of the molecule is C[C@H](C(=O)Cc1cnc2c(c1)N(S(=O)(=O)c1cccc(Cl)c1)[C@H](CO)CO2)c1ccccc1. The number of hydrogen-bond donors (Lipinski definition) is 1. The van der Waals surface area contributed by atoms with Crippen molar-refractivity contribution in [1.29, 1.82) is 0 Å². The fourth-order valence-corrected chi connectivity index (χ4v) is 5.68. The van der Waals surface area contributed by atoms with Gasteiger partial charge in [-0.25, -0.2) is 13.4 Å². The van der Waals surface area contributed by atoms with Gasteiger partial charge in [-0.1, -0.05) is 54.9 Å². The third-order valence-corrected chi connectivity index (χ3v) is 7.69. The number of carbonyl (C=O) groups excluding carboxylic acids is 1. The Bertz CT molecular complexity index is 1270. The first-order valence-corrected chi connectivity index (χ1v) is 12.2. The van der Waals surface area contributed by atoms with E-state index < -0.39 is 22.7 Å². The molecule has 0 saturated carbocycles. The Morgan fingerprint density at radius 2 is 1.97 bits per heavy atom. The van der Waals surface area contributed by atoms with Crippen LogP contribution in [0.15, 0.2) is 71.8 Å². The summed E-state index contributed by atoms with van der Waals surface area (Å²) in [5.74, 6) is -0.227. The van der Waals surface area contributed by atoms with Crippen molar-refractivity contribution in [2.45, 2.75) is 30.2 Å². The summed E-state index contributed by atoms with van der Waals surface area (Å²) in [6.07, 6.45) is 1.59. The summed E-state index contributed by atoms with van der Waals surface area (Å²) in [5.41, 5.74) is 1.63. The van der Waals surface area contributed by atoms with E-state index in [1.807, 2.05) is 37.3 Å². The predicted molar refractivity (Wildman–Crippen MR) is 125 cm³/mol. The quantitative estimate of drug-likeness (QED) is 0.548. The standard InChI is InChI=1S/C24H23ClN2O5S/c1-16(18-6-3-2-4-7-18)23(29)11-17-10-22-24(26-13-17)32-15-20(14-28)27(22)33(30,31)21-9-5-8-19(25)12-21/h2-10,12-13,16,20,28H,11,14-15H2,1H3/t16-,20+/m0/s1. The van der Waals surface area contributed by atoms with Crippen LogP contribution in [-0.4, -0.2) is 43.5 Å². The summed E-state index contributed by atoms with van der Waals surface area (Å²) in [4.78, 5) is 17.1. The second-order valence-electron chi connectivity index (χ2n) is 7.85. The molecule has 1 N–H and O–H groups in total. The van der Waals surface area contributed by atoms with Gasteiger partial charge in [-0.15, -0.1) is 0 Å². The number of sulfonamides is 1. The van der Waals surface area contributed by atoms with Crippen LogP contribution in [0.2, 0.25) is 5.02 Å². The summed E-state index contributed by atoms with van der Waals surface area (Å²) >= 11 is 6.02. The maximum Gasteiger partial charge on any atom is 0.265 e. The summed E-state index contributed by atoms with van der Waals surface area (Å²) < 4.78 is 33.7. The number of ether oxygens (including phenoxy) is 1. The van der Waals surface area contributed by atoms with Crippen molar-refractivity contribution in [2.75, 3.05) is 17.5 Å². The van der Waals surface area contributed by atoms with Gasteiger partial charge in [0.1, 0.15) is 24.1 Å². The zero-order valence-electron chi connectivity index (χ0n) is 17.9. The molecule has 0 spiro atoms. The number of benzene rings is 2. The van der Waals surface area contributed by atoms with Crippen molar-refractivity contribution in [3.8, 4) is 5.88 Å². The van der Waals surface area contributed by atoms with Crippen LogP contribution >= 0.6 is 11.6 Å². The first kappa shape index (κ1) is 23.2. The number of anilines is 1. The van der Waals surface area contributed by atoms with Crippen LogP contribution in [0.5, 0.6) is 5.88 Å². The molecule has 3 aromatic rings. The van der Waals surface area contributed by atoms with Crippen LogP contribution in [0.4, 0.5) is 5.69 Å². The fourth-order valence-electron chi connectivity index (χ4n) is 3.76.